The summed E-state index contributed by atoms with van der Waals surface area (Å²) in [6.07, 6.45) is 5.84. The smallest absolute Gasteiger partial charge is 0.323 e. The molecule has 0 aromatic rings. The van der Waals surface area contributed by atoms with Crippen LogP contribution >= 0.6 is 0 Å². The van der Waals surface area contributed by atoms with Crippen molar-refractivity contribution in [2.75, 3.05) is 6.54 Å². The summed E-state index contributed by atoms with van der Waals surface area (Å²) in [5.41, 5.74) is -1.06. The lowest BCUT2D eigenvalue weighted by Gasteiger charge is -2.31. The first-order valence-electron chi connectivity index (χ1n) is 5.65. The molecule has 0 rings (SSSR count). The molecule has 0 bridgehead atoms. The van der Waals surface area contributed by atoms with Gasteiger partial charge in [0.25, 0.3) is 0 Å². The zero-order chi connectivity index (χ0) is 13.5. The molecule has 96 valence electrons. The van der Waals surface area contributed by atoms with Gasteiger partial charge in [-0.3, -0.25) is 14.9 Å². The number of rotatable bonds is 7. The van der Waals surface area contributed by atoms with Crippen molar-refractivity contribution in [2.24, 2.45) is 0 Å². The van der Waals surface area contributed by atoms with E-state index in [0.717, 1.165) is 0 Å². The van der Waals surface area contributed by atoms with Gasteiger partial charge in [0.1, 0.15) is 5.54 Å². The molecule has 0 radical (unpaired) electrons. The first kappa shape index (κ1) is 15.5. The second-order valence-electron chi connectivity index (χ2n) is 3.88. The van der Waals surface area contributed by atoms with E-state index < -0.39 is 17.6 Å². The van der Waals surface area contributed by atoms with Crippen LogP contribution in [0.25, 0.3) is 0 Å². The Morgan fingerprint density at radius 3 is 2.29 bits per heavy atom. The minimum Gasteiger partial charge on any atom is -0.480 e. The Bertz CT molecular complexity index is 316. The molecule has 0 heterocycles. The maximum Gasteiger partial charge on any atom is 0.323 e. The van der Waals surface area contributed by atoms with Crippen LogP contribution < -0.4 is 10.6 Å². The van der Waals surface area contributed by atoms with E-state index in [4.69, 9.17) is 6.42 Å². The Kier molecular flexibility index (Phi) is 6.29. The third-order valence-electron chi connectivity index (χ3n) is 2.87. The van der Waals surface area contributed by atoms with Gasteiger partial charge in [-0.25, -0.2) is 0 Å². The molecule has 0 aromatic carbocycles. The predicted molar refractivity (Wildman–Crippen MR) is 65.4 cm³/mol. The fraction of sp³-hybridized carbons (Fsp3) is 0.667. The minimum absolute atomic E-state index is 0.142. The van der Waals surface area contributed by atoms with Crippen molar-refractivity contribution in [3.05, 3.63) is 0 Å². The molecule has 0 aliphatic rings. The Balaban J connectivity index is 4.62. The van der Waals surface area contributed by atoms with E-state index in [-0.39, 0.29) is 12.5 Å². The monoisotopic (exact) mass is 240 g/mol. The average Bonchev–Trinajstić information content (AvgIpc) is 2.32. The van der Waals surface area contributed by atoms with Gasteiger partial charge >= 0.3 is 5.97 Å². The summed E-state index contributed by atoms with van der Waals surface area (Å²) < 4.78 is 0. The number of terminal acetylenes is 1. The molecule has 0 aliphatic heterocycles. The standard InChI is InChI=1S/C12H20N2O3/c1-5-8-13-10(15)9(4)14-12(6-2,7-3)11(16)17/h1,9,14H,6-8H2,2-4H3,(H,13,15)(H,16,17). The van der Waals surface area contributed by atoms with E-state index in [9.17, 15) is 14.7 Å². The Morgan fingerprint density at radius 2 is 1.94 bits per heavy atom. The molecule has 0 aromatic heterocycles. The van der Waals surface area contributed by atoms with E-state index in [1.165, 1.54) is 0 Å². The molecule has 1 amide bonds. The first-order valence-corrected chi connectivity index (χ1v) is 5.65. The van der Waals surface area contributed by atoms with Crippen LogP contribution in [0, 0.1) is 12.3 Å². The number of aliphatic carboxylic acids is 1. The van der Waals surface area contributed by atoms with Crippen molar-refractivity contribution in [3.63, 3.8) is 0 Å². The molecular weight excluding hydrogens is 220 g/mol. The number of carbonyl (C=O) groups excluding carboxylic acids is 1. The van der Waals surface area contributed by atoms with Crippen molar-refractivity contribution in [1.29, 1.82) is 0 Å². The molecule has 0 saturated carbocycles. The van der Waals surface area contributed by atoms with Gasteiger partial charge in [0, 0.05) is 0 Å². The van der Waals surface area contributed by atoms with Gasteiger partial charge in [-0.05, 0) is 19.8 Å². The largest absolute Gasteiger partial charge is 0.480 e. The van der Waals surface area contributed by atoms with E-state index in [1.54, 1.807) is 20.8 Å². The molecule has 1 atom stereocenters. The summed E-state index contributed by atoms with van der Waals surface area (Å²) in [5.74, 6) is 1.05. The number of hydrogen-bond acceptors (Lipinski definition) is 3. The maximum absolute atomic E-state index is 11.6. The van der Waals surface area contributed by atoms with Crippen molar-refractivity contribution < 1.29 is 14.7 Å². The van der Waals surface area contributed by atoms with Crippen molar-refractivity contribution >= 4 is 11.9 Å². The quantitative estimate of drug-likeness (QED) is 0.561. The number of carboxylic acid groups (broad SMARTS) is 1. The van der Waals surface area contributed by atoms with Gasteiger partial charge in [-0.15, -0.1) is 6.42 Å². The maximum atomic E-state index is 11.6. The molecule has 5 heteroatoms. The lowest BCUT2D eigenvalue weighted by Crippen LogP contribution is -2.58. The molecular formula is C12H20N2O3. The molecule has 0 spiro atoms. The van der Waals surface area contributed by atoms with E-state index in [2.05, 4.69) is 16.6 Å². The van der Waals surface area contributed by atoms with Gasteiger partial charge in [0.05, 0.1) is 12.6 Å². The van der Waals surface area contributed by atoms with Gasteiger partial charge < -0.3 is 10.4 Å². The lowest BCUT2D eigenvalue weighted by molar-refractivity contribution is -0.146. The first-order chi connectivity index (χ1) is 7.93. The van der Waals surface area contributed by atoms with Crippen LogP contribution in [-0.4, -0.2) is 35.1 Å². The number of carbonyl (C=O) groups is 2. The number of nitrogens with one attached hydrogen (secondary N) is 2. The molecule has 5 nitrogen and oxygen atoms in total. The Hall–Kier alpha value is -1.54. The van der Waals surface area contributed by atoms with Crippen LogP contribution in [0.15, 0.2) is 0 Å². The van der Waals surface area contributed by atoms with E-state index in [1.807, 2.05) is 0 Å². The number of carboxylic acids is 1. The summed E-state index contributed by atoms with van der Waals surface area (Å²) in [6, 6.07) is -0.598. The van der Waals surface area contributed by atoms with E-state index >= 15 is 0 Å². The molecule has 0 fully saturated rings. The van der Waals surface area contributed by atoms with Crippen LogP contribution in [0.5, 0.6) is 0 Å². The summed E-state index contributed by atoms with van der Waals surface area (Å²) in [7, 11) is 0. The molecule has 3 N–H and O–H groups in total. The van der Waals surface area contributed by atoms with Crippen LogP contribution in [0.1, 0.15) is 33.6 Å². The van der Waals surface area contributed by atoms with Crippen LogP contribution in [0.2, 0.25) is 0 Å². The predicted octanol–water partition coefficient (Wildman–Crippen LogP) is 0.357. The van der Waals surface area contributed by atoms with Gasteiger partial charge in [0.15, 0.2) is 0 Å². The van der Waals surface area contributed by atoms with E-state index in [0.29, 0.717) is 12.8 Å². The second-order valence-corrected chi connectivity index (χ2v) is 3.88. The fourth-order valence-corrected chi connectivity index (χ4v) is 1.59. The van der Waals surface area contributed by atoms with Crippen LogP contribution in [0.3, 0.4) is 0 Å². The molecule has 0 aliphatic carbocycles. The zero-order valence-corrected chi connectivity index (χ0v) is 10.5. The van der Waals surface area contributed by atoms with Crippen molar-refractivity contribution in [3.8, 4) is 12.3 Å². The summed E-state index contributed by atoms with van der Waals surface area (Å²) in [5, 5.41) is 14.6. The molecule has 0 saturated heterocycles. The summed E-state index contributed by atoms with van der Waals surface area (Å²) >= 11 is 0. The highest BCUT2D eigenvalue weighted by Gasteiger charge is 2.37. The van der Waals surface area contributed by atoms with Gasteiger partial charge in [-0.1, -0.05) is 19.8 Å². The second kappa shape index (κ2) is 6.92. The highest BCUT2D eigenvalue weighted by Crippen LogP contribution is 2.16. The lowest BCUT2D eigenvalue weighted by atomic mass is 9.92. The van der Waals surface area contributed by atoms with Crippen molar-refractivity contribution in [1.82, 2.24) is 10.6 Å². The normalized spacial score (nSPS) is 12.6. The Morgan fingerprint density at radius 1 is 1.41 bits per heavy atom. The van der Waals surface area contributed by atoms with Crippen LogP contribution in [-0.2, 0) is 9.59 Å². The fourth-order valence-electron chi connectivity index (χ4n) is 1.59. The SMILES string of the molecule is C#CCNC(=O)C(C)NC(CC)(CC)C(=O)O. The third kappa shape index (κ3) is 4.08. The topological polar surface area (TPSA) is 78.4 Å². The number of amides is 1. The van der Waals surface area contributed by atoms with Crippen molar-refractivity contribution in [2.45, 2.75) is 45.2 Å². The molecule has 17 heavy (non-hydrogen) atoms. The molecule has 1 unspecified atom stereocenters. The van der Waals surface area contributed by atoms with Crippen LogP contribution in [0.4, 0.5) is 0 Å². The summed E-state index contributed by atoms with van der Waals surface area (Å²) in [6.45, 7) is 5.31. The highest BCUT2D eigenvalue weighted by atomic mass is 16.4. The number of hydrogen-bond donors (Lipinski definition) is 3. The Labute approximate surface area is 102 Å². The van der Waals surface area contributed by atoms with Gasteiger partial charge in [-0.2, -0.15) is 0 Å². The highest BCUT2D eigenvalue weighted by molar-refractivity contribution is 5.84. The third-order valence-corrected chi connectivity index (χ3v) is 2.87. The van der Waals surface area contributed by atoms with Gasteiger partial charge in [0.2, 0.25) is 5.91 Å². The zero-order valence-electron chi connectivity index (χ0n) is 10.5. The minimum atomic E-state index is -1.06. The average molecular weight is 240 g/mol. The summed E-state index contributed by atoms with van der Waals surface area (Å²) in [4.78, 5) is 22.8.